The molecule has 17 heavy (non-hydrogen) atoms. The normalized spacial score (nSPS) is 35.1. The van der Waals surface area contributed by atoms with Crippen LogP contribution in [-0.2, 0) is 13.6 Å². The summed E-state index contributed by atoms with van der Waals surface area (Å²) in [5.41, 5.74) is 0. The molecule has 2 rings (SSSR count). The van der Waals surface area contributed by atoms with Crippen molar-refractivity contribution in [1.82, 2.24) is 0 Å². The van der Waals surface area contributed by atoms with Gasteiger partial charge in [0.15, 0.2) is 0 Å². The first-order valence-corrected chi connectivity index (χ1v) is 9.54. The van der Waals surface area contributed by atoms with Gasteiger partial charge in [-0.25, -0.2) is 0 Å². The zero-order valence-corrected chi connectivity index (χ0v) is 12.4. The molecule has 3 nitrogen and oxygen atoms in total. The topological polar surface area (TPSA) is 31.0 Å². The second-order valence-electron chi connectivity index (χ2n) is 5.62. The fourth-order valence-corrected chi connectivity index (χ4v) is 4.80. The lowest BCUT2D eigenvalue weighted by molar-refractivity contribution is 0.181. The van der Waals surface area contributed by atoms with Gasteiger partial charge in [0.1, 0.15) is 0 Å². The van der Waals surface area contributed by atoms with Crippen LogP contribution in [0.1, 0.15) is 39.0 Å². The Bertz CT molecular complexity index is 249. The summed E-state index contributed by atoms with van der Waals surface area (Å²) in [5, 5.41) is 0. The number of ether oxygens (including phenoxy) is 1. The van der Waals surface area contributed by atoms with E-state index < -0.39 is 8.56 Å². The molecule has 0 aromatic heterocycles. The van der Waals surface area contributed by atoms with Crippen LogP contribution < -0.4 is 0 Å². The van der Waals surface area contributed by atoms with Crippen LogP contribution in [0, 0.1) is 5.92 Å². The van der Waals surface area contributed by atoms with E-state index in [0.717, 1.165) is 25.0 Å². The molecule has 1 aliphatic heterocycles. The third-order valence-electron chi connectivity index (χ3n) is 4.18. The summed E-state index contributed by atoms with van der Waals surface area (Å²) in [6, 6.07) is 1.10. The van der Waals surface area contributed by atoms with Crippen LogP contribution in [0.25, 0.3) is 0 Å². The minimum absolute atomic E-state index is 0.593. The van der Waals surface area contributed by atoms with E-state index in [-0.39, 0.29) is 0 Å². The van der Waals surface area contributed by atoms with Crippen molar-refractivity contribution in [3.8, 4) is 0 Å². The van der Waals surface area contributed by atoms with E-state index in [1.165, 1.54) is 25.7 Å². The van der Waals surface area contributed by atoms with Gasteiger partial charge in [0.05, 0.1) is 12.2 Å². The van der Waals surface area contributed by atoms with E-state index in [1.54, 1.807) is 7.11 Å². The molecule has 0 aromatic carbocycles. The highest BCUT2D eigenvalue weighted by Gasteiger charge is 2.43. The largest absolute Gasteiger partial charge is 0.398 e. The fourth-order valence-electron chi connectivity index (χ4n) is 2.88. The number of rotatable bonds is 7. The van der Waals surface area contributed by atoms with Crippen LogP contribution in [-0.4, -0.2) is 34.5 Å². The van der Waals surface area contributed by atoms with E-state index in [9.17, 15) is 0 Å². The molecule has 4 heteroatoms. The predicted molar refractivity (Wildman–Crippen MR) is 70.3 cm³/mol. The minimum atomic E-state index is -1.85. The van der Waals surface area contributed by atoms with Crippen LogP contribution in [0.3, 0.4) is 0 Å². The molecular formula is C13H26O3Si. The molecule has 1 saturated carbocycles. The number of hydrogen-bond donors (Lipinski definition) is 0. The first-order valence-electron chi connectivity index (χ1n) is 7.01. The van der Waals surface area contributed by atoms with Gasteiger partial charge in [-0.15, -0.1) is 0 Å². The molecule has 1 heterocycles. The van der Waals surface area contributed by atoms with Gasteiger partial charge in [0, 0.05) is 13.7 Å². The van der Waals surface area contributed by atoms with Gasteiger partial charge >= 0.3 is 8.56 Å². The van der Waals surface area contributed by atoms with Crippen molar-refractivity contribution < 1.29 is 13.6 Å². The molecule has 0 radical (unpaired) electrons. The summed E-state index contributed by atoms with van der Waals surface area (Å²) >= 11 is 0. The molecule has 0 N–H and O–H groups in total. The monoisotopic (exact) mass is 258 g/mol. The lowest BCUT2D eigenvalue weighted by atomic mass is 9.87. The van der Waals surface area contributed by atoms with Crippen LogP contribution in [0.4, 0.5) is 0 Å². The molecule has 0 aromatic rings. The summed E-state index contributed by atoms with van der Waals surface area (Å²) in [5.74, 6) is 0.815. The van der Waals surface area contributed by atoms with Crippen molar-refractivity contribution in [2.75, 3.05) is 13.7 Å². The van der Waals surface area contributed by atoms with Gasteiger partial charge in [0.25, 0.3) is 0 Å². The van der Waals surface area contributed by atoms with Gasteiger partial charge in [-0.3, -0.25) is 0 Å². The lowest BCUT2D eigenvalue weighted by Crippen LogP contribution is -2.37. The first-order chi connectivity index (χ1) is 8.17. The van der Waals surface area contributed by atoms with Crippen molar-refractivity contribution in [1.29, 1.82) is 0 Å². The number of fused-ring (bicyclic) bond motifs is 1. The van der Waals surface area contributed by atoms with Gasteiger partial charge in [-0.05, 0) is 44.2 Å². The van der Waals surface area contributed by atoms with Crippen molar-refractivity contribution in [3.63, 3.8) is 0 Å². The second kappa shape index (κ2) is 5.82. The highest BCUT2D eigenvalue weighted by molar-refractivity contribution is 6.65. The molecule has 0 spiro atoms. The van der Waals surface area contributed by atoms with E-state index in [0.29, 0.717) is 12.2 Å². The SMILES string of the molecule is CCC[Si](C)(OC)OCCC1CCC2OC2C1. The highest BCUT2D eigenvalue weighted by atomic mass is 28.4. The molecule has 100 valence electrons. The molecular weight excluding hydrogens is 232 g/mol. The van der Waals surface area contributed by atoms with E-state index in [1.807, 2.05) is 0 Å². The highest BCUT2D eigenvalue weighted by Crippen LogP contribution is 2.40. The van der Waals surface area contributed by atoms with E-state index >= 15 is 0 Å². The Morgan fingerprint density at radius 3 is 2.76 bits per heavy atom. The molecule has 4 atom stereocenters. The molecule has 4 unspecified atom stereocenters. The van der Waals surface area contributed by atoms with Crippen molar-refractivity contribution >= 4 is 8.56 Å². The third-order valence-corrected chi connectivity index (χ3v) is 7.27. The van der Waals surface area contributed by atoms with Crippen LogP contribution in [0.15, 0.2) is 0 Å². The smallest absolute Gasteiger partial charge is 0.334 e. The summed E-state index contributed by atoms with van der Waals surface area (Å²) in [6.45, 7) is 5.25. The van der Waals surface area contributed by atoms with Crippen molar-refractivity contribution in [2.24, 2.45) is 5.92 Å². The van der Waals surface area contributed by atoms with Gasteiger partial charge < -0.3 is 13.6 Å². The van der Waals surface area contributed by atoms with Crippen molar-refractivity contribution in [3.05, 3.63) is 0 Å². The Labute approximate surface area is 106 Å². The lowest BCUT2D eigenvalue weighted by Gasteiger charge is -2.26. The van der Waals surface area contributed by atoms with E-state index in [2.05, 4.69) is 13.5 Å². The second-order valence-corrected chi connectivity index (χ2v) is 9.08. The van der Waals surface area contributed by atoms with Crippen LogP contribution in [0.2, 0.25) is 12.6 Å². The minimum Gasteiger partial charge on any atom is -0.398 e. The third kappa shape index (κ3) is 3.78. The van der Waals surface area contributed by atoms with Crippen molar-refractivity contribution in [2.45, 2.75) is 63.8 Å². The number of hydrogen-bond acceptors (Lipinski definition) is 3. The zero-order chi connectivity index (χ0) is 12.3. The van der Waals surface area contributed by atoms with Gasteiger partial charge in [-0.1, -0.05) is 13.3 Å². The molecule has 1 saturated heterocycles. The summed E-state index contributed by atoms with van der Waals surface area (Å²) in [4.78, 5) is 0. The van der Waals surface area contributed by atoms with Gasteiger partial charge in [-0.2, -0.15) is 0 Å². The average molecular weight is 258 g/mol. The summed E-state index contributed by atoms with van der Waals surface area (Å²) in [7, 11) is -0.0490. The zero-order valence-electron chi connectivity index (χ0n) is 11.4. The maximum absolute atomic E-state index is 6.05. The molecule has 2 aliphatic rings. The fraction of sp³-hybridized carbons (Fsp3) is 1.00. The average Bonchev–Trinajstić information content (AvgIpc) is 3.08. The maximum atomic E-state index is 6.05. The molecule has 0 amide bonds. The van der Waals surface area contributed by atoms with Gasteiger partial charge in [0.2, 0.25) is 0 Å². The molecule has 1 aliphatic carbocycles. The Morgan fingerprint density at radius 2 is 2.12 bits per heavy atom. The Kier molecular flexibility index (Phi) is 4.63. The van der Waals surface area contributed by atoms with Crippen LogP contribution in [0.5, 0.6) is 0 Å². The Morgan fingerprint density at radius 1 is 1.29 bits per heavy atom. The standard InChI is InChI=1S/C13H26O3Si/c1-4-9-17(3,14-2)15-8-7-11-5-6-12-13(10-11)16-12/h11-13H,4-10H2,1-3H3. The summed E-state index contributed by atoms with van der Waals surface area (Å²) < 4.78 is 17.2. The van der Waals surface area contributed by atoms with E-state index in [4.69, 9.17) is 13.6 Å². The first kappa shape index (κ1) is 13.5. The predicted octanol–water partition coefficient (Wildman–Crippen LogP) is 3.09. The maximum Gasteiger partial charge on any atom is 0.334 e. The Balaban J connectivity index is 1.64. The molecule has 0 bridgehead atoms. The Hall–Kier alpha value is 0.0969. The molecule has 2 fully saturated rings. The quantitative estimate of drug-likeness (QED) is 0.519. The van der Waals surface area contributed by atoms with Crippen LogP contribution >= 0.6 is 0 Å². The number of epoxide rings is 1. The summed E-state index contributed by atoms with van der Waals surface area (Å²) in [6.07, 6.45) is 7.39.